The van der Waals surface area contributed by atoms with Gasteiger partial charge in [-0.05, 0) is 61.1 Å². The fourth-order valence-electron chi connectivity index (χ4n) is 4.94. The van der Waals surface area contributed by atoms with Crippen molar-refractivity contribution in [1.29, 1.82) is 0 Å². The molecule has 0 amide bonds. The van der Waals surface area contributed by atoms with Gasteiger partial charge in [0.2, 0.25) is 11.8 Å². The minimum Gasteiger partial charge on any atom is -0.466 e. The highest BCUT2D eigenvalue weighted by atomic mass is 16.7. The van der Waals surface area contributed by atoms with Crippen molar-refractivity contribution in [3.8, 4) is 11.5 Å². The SMILES string of the molecule is COC(=O)/C=C(/c1ccc(OC2CCCCO2)cc1)c1ncco1.COC(=O)/C=C(/c1ccc(OC2CCCCO2)cc1)c1ncco1. The lowest BCUT2D eigenvalue weighted by atomic mass is 10.1. The van der Waals surface area contributed by atoms with Crippen LogP contribution in [0.4, 0.5) is 0 Å². The predicted octanol–water partition coefficient (Wildman–Crippen LogP) is 6.37. The number of oxazole rings is 2. The highest BCUT2D eigenvalue weighted by Crippen LogP contribution is 2.27. The Morgan fingerprint density at radius 3 is 1.38 bits per heavy atom. The fraction of sp³-hybridized carbons (Fsp3) is 0.333. The summed E-state index contributed by atoms with van der Waals surface area (Å²) in [5.74, 6) is 1.19. The lowest BCUT2D eigenvalue weighted by Crippen LogP contribution is -2.24. The molecule has 2 aliphatic heterocycles. The summed E-state index contributed by atoms with van der Waals surface area (Å²) < 4.78 is 42.8. The van der Waals surface area contributed by atoms with E-state index >= 15 is 0 Å². The molecule has 4 aromatic rings. The van der Waals surface area contributed by atoms with Gasteiger partial charge in [-0.3, -0.25) is 0 Å². The van der Waals surface area contributed by atoms with Crippen molar-refractivity contribution in [3.05, 3.63) is 109 Å². The lowest BCUT2D eigenvalue weighted by molar-refractivity contribution is -0.135. The minimum atomic E-state index is -0.473. The van der Waals surface area contributed by atoms with E-state index in [2.05, 4.69) is 9.97 Å². The van der Waals surface area contributed by atoms with Crippen LogP contribution in [0.15, 0.2) is 94.4 Å². The molecule has 0 N–H and O–H groups in total. The standard InChI is InChI=1S/2C18H19NO5/c2*1-21-16(20)12-15(18-19-9-11-23-18)13-5-7-14(8-6-13)24-17-4-2-3-10-22-17/h2*5-9,11-12,17H,2-4,10H2,1H3/b2*15-12-. The molecule has 2 aromatic heterocycles. The molecule has 12 heteroatoms. The second kappa shape index (κ2) is 17.6. The molecule has 6 rings (SSSR count). The molecule has 12 nitrogen and oxygen atoms in total. The van der Waals surface area contributed by atoms with Gasteiger partial charge in [-0.2, -0.15) is 0 Å². The van der Waals surface area contributed by atoms with Crippen molar-refractivity contribution in [2.45, 2.75) is 51.1 Å². The Balaban J connectivity index is 0.000000188. The molecule has 2 aromatic carbocycles. The second-order valence-corrected chi connectivity index (χ2v) is 10.7. The zero-order chi connectivity index (χ0) is 33.6. The molecule has 2 saturated heterocycles. The molecule has 2 atom stereocenters. The van der Waals surface area contributed by atoms with Gasteiger partial charge in [-0.15, -0.1) is 0 Å². The number of benzene rings is 2. The van der Waals surface area contributed by atoms with E-state index in [9.17, 15) is 9.59 Å². The average Bonchev–Trinajstić information content (AvgIpc) is 3.87. The van der Waals surface area contributed by atoms with E-state index in [0.29, 0.717) is 22.9 Å². The monoisotopic (exact) mass is 658 g/mol. The summed E-state index contributed by atoms with van der Waals surface area (Å²) in [6.07, 6.45) is 14.5. The normalized spacial score (nSPS) is 18.2. The van der Waals surface area contributed by atoms with Gasteiger partial charge in [0.05, 0.1) is 51.0 Å². The topological polar surface area (TPSA) is 142 Å². The second-order valence-electron chi connectivity index (χ2n) is 10.7. The number of aromatic nitrogens is 2. The van der Waals surface area contributed by atoms with Crippen molar-refractivity contribution < 1.29 is 46.8 Å². The summed E-state index contributed by atoms with van der Waals surface area (Å²) in [5, 5.41) is 0. The highest BCUT2D eigenvalue weighted by Gasteiger charge is 2.18. The maximum atomic E-state index is 11.6. The number of hydrogen-bond donors (Lipinski definition) is 0. The first kappa shape index (κ1) is 34.1. The van der Waals surface area contributed by atoms with Crippen LogP contribution in [-0.2, 0) is 28.5 Å². The molecule has 2 aliphatic rings. The summed E-state index contributed by atoms with van der Waals surface area (Å²) in [5.41, 5.74) is 2.65. The highest BCUT2D eigenvalue weighted by molar-refractivity contribution is 5.95. The predicted molar refractivity (Wildman–Crippen MR) is 173 cm³/mol. The van der Waals surface area contributed by atoms with Crippen LogP contribution in [0.1, 0.15) is 61.4 Å². The van der Waals surface area contributed by atoms with Gasteiger partial charge in [-0.1, -0.05) is 24.3 Å². The zero-order valence-corrected chi connectivity index (χ0v) is 26.9. The third kappa shape index (κ3) is 9.90. The zero-order valence-electron chi connectivity index (χ0n) is 26.9. The molecular weight excluding hydrogens is 620 g/mol. The number of rotatable bonds is 10. The molecule has 2 unspecified atom stereocenters. The third-order valence-corrected chi connectivity index (χ3v) is 7.39. The van der Waals surface area contributed by atoms with Gasteiger partial charge >= 0.3 is 11.9 Å². The van der Waals surface area contributed by atoms with Crippen LogP contribution in [0.25, 0.3) is 11.1 Å². The summed E-state index contributed by atoms with van der Waals surface area (Å²) >= 11 is 0. The van der Waals surface area contributed by atoms with Crippen molar-refractivity contribution in [2.24, 2.45) is 0 Å². The van der Waals surface area contributed by atoms with Crippen molar-refractivity contribution >= 4 is 23.1 Å². The molecule has 0 aliphatic carbocycles. The molecular formula is C36H38N2O10. The summed E-state index contributed by atoms with van der Waals surface area (Å²) in [6.45, 7) is 1.47. The fourth-order valence-corrected chi connectivity index (χ4v) is 4.94. The van der Waals surface area contributed by atoms with Crippen LogP contribution >= 0.6 is 0 Å². The molecule has 48 heavy (non-hydrogen) atoms. The third-order valence-electron chi connectivity index (χ3n) is 7.39. The first-order chi connectivity index (χ1) is 23.5. The summed E-state index contributed by atoms with van der Waals surface area (Å²) in [6, 6.07) is 14.7. The number of ether oxygens (including phenoxy) is 6. The summed E-state index contributed by atoms with van der Waals surface area (Å²) in [4.78, 5) is 31.4. The van der Waals surface area contributed by atoms with Gasteiger partial charge < -0.3 is 37.3 Å². The number of carbonyl (C=O) groups is 2. The van der Waals surface area contributed by atoms with Gasteiger partial charge in [0.1, 0.15) is 24.0 Å². The Labute approximate surface area is 278 Å². The number of esters is 2. The lowest BCUT2D eigenvalue weighted by Gasteiger charge is -2.23. The molecule has 252 valence electrons. The van der Waals surface area contributed by atoms with Crippen LogP contribution in [0.5, 0.6) is 11.5 Å². The number of methoxy groups -OCH3 is 2. The number of hydrogen-bond acceptors (Lipinski definition) is 12. The molecule has 0 saturated carbocycles. The molecule has 4 heterocycles. The van der Waals surface area contributed by atoms with Crippen LogP contribution in [0, 0.1) is 0 Å². The Bertz CT molecular complexity index is 1490. The van der Waals surface area contributed by atoms with Gasteiger partial charge in [0.25, 0.3) is 0 Å². The quantitative estimate of drug-likeness (QED) is 0.138. The van der Waals surface area contributed by atoms with E-state index in [1.54, 1.807) is 0 Å². The van der Waals surface area contributed by atoms with E-state index in [0.717, 1.165) is 74.4 Å². The van der Waals surface area contributed by atoms with E-state index < -0.39 is 11.9 Å². The van der Waals surface area contributed by atoms with E-state index in [4.69, 9.17) is 37.3 Å². The first-order valence-corrected chi connectivity index (χ1v) is 15.7. The van der Waals surface area contributed by atoms with Crippen LogP contribution in [-0.4, -0.2) is 61.9 Å². The maximum absolute atomic E-state index is 11.6. The average molecular weight is 659 g/mol. The number of nitrogens with zero attached hydrogens (tertiary/aromatic N) is 2. The molecule has 0 radical (unpaired) electrons. The Morgan fingerprint density at radius 1 is 0.646 bits per heavy atom. The van der Waals surface area contributed by atoms with Gasteiger partial charge in [0.15, 0.2) is 12.6 Å². The Kier molecular flexibility index (Phi) is 12.5. The molecule has 0 bridgehead atoms. The van der Waals surface area contributed by atoms with Crippen molar-refractivity contribution in [3.63, 3.8) is 0 Å². The largest absolute Gasteiger partial charge is 0.466 e. The Hall–Kier alpha value is -5.20. The number of carbonyl (C=O) groups excluding carboxylic acids is 2. The van der Waals surface area contributed by atoms with E-state index in [1.165, 1.54) is 51.3 Å². The van der Waals surface area contributed by atoms with E-state index in [1.807, 2.05) is 48.5 Å². The van der Waals surface area contributed by atoms with Gasteiger partial charge in [-0.25, -0.2) is 19.6 Å². The smallest absolute Gasteiger partial charge is 0.331 e. The Morgan fingerprint density at radius 2 is 1.06 bits per heavy atom. The van der Waals surface area contributed by atoms with Crippen molar-refractivity contribution in [2.75, 3.05) is 27.4 Å². The summed E-state index contributed by atoms with van der Waals surface area (Å²) in [7, 11) is 2.65. The molecule has 2 fully saturated rings. The minimum absolute atomic E-state index is 0.193. The molecule has 0 spiro atoms. The van der Waals surface area contributed by atoms with Gasteiger partial charge in [0, 0.05) is 25.0 Å². The van der Waals surface area contributed by atoms with Crippen molar-refractivity contribution in [1.82, 2.24) is 9.97 Å². The van der Waals surface area contributed by atoms with E-state index in [-0.39, 0.29) is 12.6 Å². The van der Waals surface area contributed by atoms with Crippen LogP contribution < -0.4 is 9.47 Å². The van der Waals surface area contributed by atoms with Crippen LogP contribution in [0.3, 0.4) is 0 Å². The van der Waals surface area contributed by atoms with Crippen LogP contribution in [0.2, 0.25) is 0 Å². The first-order valence-electron chi connectivity index (χ1n) is 15.7. The maximum Gasteiger partial charge on any atom is 0.331 e.